The SMILES string of the molecule is O=C(c1cc2ccccc2o1)N(CCCO)C1CCC1. The van der Waals surface area contributed by atoms with Gasteiger partial charge in [-0.25, -0.2) is 0 Å². The van der Waals surface area contributed by atoms with Gasteiger partial charge < -0.3 is 14.4 Å². The number of carbonyl (C=O) groups excluding carboxylic acids is 1. The van der Waals surface area contributed by atoms with Gasteiger partial charge in [-0.1, -0.05) is 18.2 Å². The lowest BCUT2D eigenvalue weighted by Crippen LogP contribution is -2.44. The summed E-state index contributed by atoms with van der Waals surface area (Å²) >= 11 is 0. The zero-order valence-electron chi connectivity index (χ0n) is 11.4. The van der Waals surface area contributed by atoms with Gasteiger partial charge in [-0.3, -0.25) is 4.79 Å². The van der Waals surface area contributed by atoms with E-state index in [0.717, 1.165) is 23.8 Å². The highest BCUT2D eigenvalue weighted by Gasteiger charge is 2.30. The molecule has 1 amide bonds. The number of benzene rings is 1. The van der Waals surface area contributed by atoms with Crippen LogP contribution in [0.1, 0.15) is 36.2 Å². The third kappa shape index (κ3) is 2.43. The van der Waals surface area contributed by atoms with Crippen molar-refractivity contribution in [3.63, 3.8) is 0 Å². The summed E-state index contributed by atoms with van der Waals surface area (Å²) in [5.74, 6) is 0.343. The van der Waals surface area contributed by atoms with Crippen LogP contribution in [0.5, 0.6) is 0 Å². The quantitative estimate of drug-likeness (QED) is 0.911. The second-order valence-electron chi connectivity index (χ2n) is 5.31. The van der Waals surface area contributed by atoms with Crippen LogP contribution in [0.25, 0.3) is 11.0 Å². The number of furan rings is 1. The molecule has 3 rings (SSSR count). The summed E-state index contributed by atoms with van der Waals surface area (Å²) in [7, 11) is 0. The molecule has 1 aromatic carbocycles. The molecule has 0 saturated heterocycles. The van der Waals surface area contributed by atoms with E-state index in [2.05, 4.69) is 0 Å². The molecule has 0 bridgehead atoms. The number of para-hydroxylation sites is 1. The predicted octanol–water partition coefficient (Wildman–Crippen LogP) is 2.81. The van der Waals surface area contributed by atoms with Gasteiger partial charge in [0.05, 0.1) is 0 Å². The number of carbonyl (C=O) groups is 1. The van der Waals surface area contributed by atoms with Gasteiger partial charge in [-0.2, -0.15) is 0 Å². The van der Waals surface area contributed by atoms with E-state index in [9.17, 15) is 4.79 Å². The molecule has 4 heteroatoms. The van der Waals surface area contributed by atoms with Gasteiger partial charge in [-0.15, -0.1) is 0 Å². The number of fused-ring (bicyclic) bond motifs is 1. The second-order valence-corrected chi connectivity index (χ2v) is 5.31. The molecule has 0 atom stereocenters. The minimum absolute atomic E-state index is 0.0562. The average Bonchev–Trinajstić information content (AvgIpc) is 2.84. The number of hydrogen-bond donors (Lipinski definition) is 1. The first-order valence-electron chi connectivity index (χ1n) is 7.20. The van der Waals surface area contributed by atoms with Crippen LogP contribution in [-0.2, 0) is 0 Å². The molecule has 0 radical (unpaired) electrons. The zero-order chi connectivity index (χ0) is 13.9. The third-order valence-electron chi connectivity index (χ3n) is 3.97. The van der Waals surface area contributed by atoms with Crippen molar-refractivity contribution < 1.29 is 14.3 Å². The molecule has 1 heterocycles. The number of hydrogen-bond acceptors (Lipinski definition) is 3. The van der Waals surface area contributed by atoms with E-state index >= 15 is 0 Å². The predicted molar refractivity (Wildman–Crippen MR) is 76.6 cm³/mol. The van der Waals surface area contributed by atoms with Gasteiger partial charge in [0, 0.05) is 24.6 Å². The average molecular weight is 273 g/mol. The van der Waals surface area contributed by atoms with Crippen LogP contribution >= 0.6 is 0 Å². The maximum atomic E-state index is 12.6. The molecule has 0 unspecified atom stereocenters. The largest absolute Gasteiger partial charge is 0.451 e. The minimum Gasteiger partial charge on any atom is -0.451 e. The molecule has 106 valence electrons. The van der Waals surface area contributed by atoms with Crippen molar-refractivity contribution in [1.82, 2.24) is 4.90 Å². The molecule has 1 aromatic heterocycles. The number of nitrogens with zero attached hydrogens (tertiary/aromatic N) is 1. The van der Waals surface area contributed by atoms with E-state index in [1.54, 1.807) is 0 Å². The standard InChI is InChI=1S/C16H19NO3/c18-10-4-9-17(13-6-3-7-13)16(19)15-11-12-5-1-2-8-14(12)20-15/h1-2,5,8,11,13,18H,3-4,6-7,9-10H2. The summed E-state index contributed by atoms with van der Waals surface area (Å²) in [5.41, 5.74) is 0.742. The van der Waals surface area contributed by atoms with Crippen molar-refractivity contribution in [3.8, 4) is 0 Å². The zero-order valence-corrected chi connectivity index (χ0v) is 11.4. The Morgan fingerprint density at radius 2 is 2.15 bits per heavy atom. The lowest BCUT2D eigenvalue weighted by molar-refractivity contribution is 0.0533. The Kier molecular flexibility index (Phi) is 3.74. The number of amides is 1. The van der Waals surface area contributed by atoms with Gasteiger partial charge in [0.1, 0.15) is 5.58 Å². The first-order chi connectivity index (χ1) is 9.79. The van der Waals surface area contributed by atoms with E-state index in [1.165, 1.54) is 6.42 Å². The molecule has 1 aliphatic rings. The van der Waals surface area contributed by atoms with Crippen LogP contribution < -0.4 is 0 Å². The van der Waals surface area contributed by atoms with Gasteiger partial charge in [0.25, 0.3) is 5.91 Å². The minimum atomic E-state index is -0.0562. The lowest BCUT2D eigenvalue weighted by atomic mass is 9.91. The Hall–Kier alpha value is -1.81. The van der Waals surface area contributed by atoms with E-state index < -0.39 is 0 Å². The highest BCUT2D eigenvalue weighted by Crippen LogP contribution is 2.28. The van der Waals surface area contributed by atoms with E-state index in [0.29, 0.717) is 24.8 Å². The molecular formula is C16H19NO3. The van der Waals surface area contributed by atoms with Crippen molar-refractivity contribution >= 4 is 16.9 Å². The maximum Gasteiger partial charge on any atom is 0.289 e. The van der Waals surface area contributed by atoms with Crippen LogP contribution in [0.2, 0.25) is 0 Å². The highest BCUT2D eigenvalue weighted by molar-refractivity contribution is 5.96. The Morgan fingerprint density at radius 3 is 2.80 bits per heavy atom. The molecule has 0 aliphatic heterocycles. The van der Waals surface area contributed by atoms with Crippen LogP contribution in [-0.4, -0.2) is 35.1 Å². The summed E-state index contributed by atoms with van der Waals surface area (Å²) in [5, 5.41) is 9.94. The smallest absolute Gasteiger partial charge is 0.289 e. The summed E-state index contributed by atoms with van der Waals surface area (Å²) < 4.78 is 5.66. The monoisotopic (exact) mass is 273 g/mol. The molecule has 1 fully saturated rings. The molecule has 20 heavy (non-hydrogen) atoms. The van der Waals surface area contributed by atoms with Crippen molar-refractivity contribution in [2.24, 2.45) is 0 Å². The Bertz CT molecular complexity index is 568. The first-order valence-corrected chi connectivity index (χ1v) is 7.20. The fourth-order valence-corrected chi connectivity index (χ4v) is 2.62. The maximum absolute atomic E-state index is 12.6. The number of rotatable bonds is 5. The lowest BCUT2D eigenvalue weighted by Gasteiger charge is -2.37. The van der Waals surface area contributed by atoms with E-state index in [-0.39, 0.29) is 12.5 Å². The normalized spacial score (nSPS) is 15.2. The summed E-state index contributed by atoms with van der Waals surface area (Å²) in [6.07, 6.45) is 3.89. The van der Waals surface area contributed by atoms with E-state index in [4.69, 9.17) is 9.52 Å². The van der Waals surface area contributed by atoms with Crippen molar-refractivity contribution in [3.05, 3.63) is 36.1 Å². The van der Waals surface area contributed by atoms with Crippen LogP contribution in [0.3, 0.4) is 0 Å². The summed E-state index contributed by atoms with van der Waals surface area (Å²) in [6, 6.07) is 9.76. The van der Waals surface area contributed by atoms with Gasteiger partial charge >= 0.3 is 0 Å². The number of aliphatic hydroxyl groups excluding tert-OH is 1. The number of aliphatic hydroxyl groups is 1. The first kappa shape index (κ1) is 13.2. The van der Waals surface area contributed by atoms with Crippen molar-refractivity contribution in [2.45, 2.75) is 31.7 Å². The van der Waals surface area contributed by atoms with Crippen LogP contribution in [0.15, 0.2) is 34.7 Å². The Balaban J connectivity index is 1.83. The second kappa shape index (κ2) is 5.67. The van der Waals surface area contributed by atoms with Gasteiger partial charge in [0.2, 0.25) is 0 Å². The fourth-order valence-electron chi connectivity index (χ4n) is 2.62. The Labute approximate surface area is 118 Å². The van der Waals surface area contributed by atoms with Crippen LogP contribution in [0.4, 0.5) is 0 Å². The summed E-state index contributed by atoms with van der Waals surface area (Å²) in [4.78, 5) is 14.5. The highest BCUT2D eigenvalue weighted by atomic mass is 16.3. The topological polar surface area (TPSA) is 53.7 Å². The van der Waals surface area contributed by atoms with Gasteiger partial charge in [0.15, 0.2) is 5.76 Å². The Morgan fingerprint density at radius 1 is 1.35 bits per heavy atom. The molecule has 0 spiro atoms. The van der Waals surface area contributed by atoms with Crippen molar-refractivity contribution in [1.29, 1.82) is 0 Å². The van der Waals surface area contributed by atoms with E-state index in [1.807, 2.05) is 35.2 Å². The molecule has 1 saturated carbocycles. The van der Waals surface area contributed by atoms with Crippen LogP contribution in [0, 0.1) is 0 Å². The molecule has 1 N–H and O–H groups in total. The molecule has 4 nitrogen and oxygen atoms in total. The molecular weight excluding hydrogens is 254 g/mol. The third-order valence-corrected chi connectivity index (χ3v) is 3.97. The van der Waals surface area contributed by atoms with Gasteiger partial charge in [-0.05, 0) is 37.8 Å². The summed E-state index contributed by atoms with van der Waals surface area (Å²) in [6.45, 7) is 0.702. The molecule has 1 aliphatic carbocycles. The molecule has 2 aromatic rings. The van der Waals surface area contributed by atoms with Crippen molar-refractivity contribution in [2.75, 3.05) is 13.2 Å². The fraction of sp³-hybridized carbons (Fsp3) is 0.438.